The molecule has 0 spiro atoms. The predicted molar refractivity (Wildman–Crippen MR) is 229 cm³/mol. The second-order valence-corrected chi connectivity index (χ2v) is 16.3. The van der Waals surface area contributed by atoms with E-state index in [1.54, 1.807) is 0 Å². The first-order chi connectivity index (χ1) is 26.5. The molecule has 2 aliphatic carbocycles. The van der Waals surface area contributed by atoms with Crippen molar-refractivity contribution in [3.63, 3.8) is 0 Å². The van der Waals surface area contributed by atoms with Crippen molar-refractivity contribution in [2.24, 2.45) is 0 Å². The van der Waals surface area contributed by atoms with Gasteiger partial charge in [-0.15, -0.1) is 11.3 Å². The number of thiophene rings is 1. The van der Waals surface area contributed by atoms with Crippen LogP contribution in [0.5, 0.6) is 0 Å². The van der Waals surface area contributed by atoms with Gasteiger partial charge in [0.15, 0.2) is 0 Å². The number of benzene rings is 8. The quantitative estimate of drug-likeness (QED) is 0.172. The van der Waals surface area contributed by atoms with Crippen LogP contribution in [0.3, 0.4) is 0 Å². The van der Waals surface area contributed by atoms with Gasteiger partial charge in [0.25, 0.3) is 0 Å². The van der Waals surface area contributed by atoms with E-state index in [9.17, 15) is 0 Å². The number of anilines is 3. The molecule has 2 aliphatic rings. The molecule has 11 rings (SSSR count). The van der Waals surface area contributed by atoms with Gasteiger partial charge in [0, 0.05) is 37.0 Å². The molecule has 0 N–H and O–H groups in total. The third-order valence-electron chi connectivity index (χ3n) is 12.1. The van der Waals surface area contributed by atoms with Gasteiger partial charge in [0.2, 0.25) is 0 Å². The molecular formula is C52H37NS. The first kappa shape index (κ1) is 31.3. The first-order valence-corrected chi connectivity index (χ1v) is 19.7. The van der Waals surface area contributed by atoms with Crippen LogP contribution in [0.2, 0.25) is 0 Å². The summed E-state index contributed by atoms with van der Waals surface area (Å²) in [5.74, 6) is 0. The Morgan fingerprint density at radius 3 is 1.72 bits per heavy atom. The van der Waals surface area contributed by atoms with Gasteiger partial charge in [0.1, 0.15) is 0 Å². The summed E-state index contributed by atoms with van der Waals surface area (Å²) in [7, 11) is 0. The predicted octanol–water partition coefficient (Wildman–Crippen LogP) is 14.2. The molecule has 2 heteroatoms. The van der Waals surface area contributed by atoms with E-state index in [0.717, 1.165) is 11.4 Å². The van der Waals surface area contributed by atoms with Gasteiger partial charge >= 0.3 is 0 Å². The van der Waals surface area contributed by atoms with E-state index < -0.39 is 5.41 Å². The number of fused-ring (bicyclic) bond motifs is 9. The molecule has 54 heavy (non-hydrogen) atoms. The summed E-state index contributed by atoms with van der Waals surface area (Å²) in [6.45, 7) is 4.79. The molecule has 8 aromatic carbocycles. The lowest BCUT2D eigenvalue weighted by molar-refractivity contribution is 0.661. The summed E-state index contributed by atoms with van der Waals surface area (Å²) in [6, 6.07) is 70.2. The van der Waals surface area contributed by atoms with Crippen LogP contribution in [-0.4, -0.2) is 0 Å². The zero-order valence-corrected chi connectivity index (χ0v) is 31.1. The number of hydrogen-bond donors (Lipinski definition) is 0. The van der Waals surface area contributed by atoms with Gasteiger partial charge in [-0.1, -0.05) is 166 Å². The van der Waals surface area contributed by atoms with E-state index in [4.69, 9.17) is 0 Å². The van der Waals surface area contributed by atoms with Crippen LogP contribution in [0.25, 0.3) is 42.4 Å². The zero-order chi connectivity index (χ0) is 36.0. The topological polar surface area (TPSA) is 3.24 Å². The Bertz CT molecular complexity index is 2880. The van der Waals surface area contributed by atoms with E-state index in [-0.39, 0.29) is 5.41 Å². The van der Waals surface area contributed by atoms with Crippen molar-refractivity contribution in [1.29, 1.82) is 0 Å². The standard InChI is InChI=1S/C52H37NS/c1-51(2)44-24-12-9-21-39(44)43-23-15-26-47(50(43)51)53(37-29-31-42-41-22-11-14-27-48(41)54-49(42)33-37)36-28-30-40-38-20-10-13-25-45(38)52(46(40)32-36,34-16-5-3-6-17-34)35-18-7-4-8-19-35/h3-33H,1-2H3. The normalized spacial score (nSPS) is 14.4. The van der Waals surface area contributed by atoms with Gasteiger partial charge in [-0.3, -0.25) is 0 Å². The van der Waals surface area contributed by atoms with Crippen LogP contribution < -0.4 is 4.90 Å². The lowest BCUT2D eigenvalue weighted by Crippen LogP contribution is -2.28. The Balaban J connectivity index is 1.22. The second kappa shape index (κ2) is 11.6. The smallest absolute Gasteiger partial charge is 0.0714 e. The van der Waals surface area contributed by atoms with Gasteiger partial charge in [-0.05, 0) is 92.0 Å². The van der Waals surface area contributed by atoms with Crippen molar-refractivity contribution in [2.45, 2.75) is 24.7 Å². The molecule has 0 aliphatic heterocycles. The molecule has 1 nitrogen and oxygen atoms in total. The highest BCUT2D eigenvalue weighted by atomic mass is 32.1. The summed E-state index contributed by atoms with van der Waals surface area (Å²) in [6.07, 6.45) is 0. The highest BCUT2D eigenvalue weighted by Gasteiger charge is 2.46. The van der Waals surface area contributed by atoms with Crippen LogP contribution >= 0.6 is 11.3 Å². The van der Waals surface area contributed by atoms with Crippen molar-refractivity contribution >= 4 is 48.6 Å². The maximum Gasteiger partial charge on any atom is 0.0714 e. The van der Waals surface area contributed by atoms with E-state index in [1.807, 2.05) is 11.3 Å². The number of rotatable bonds is 5. The number of nitrogens with zero attached hydrogens (tertiary/aromatic N) is 1. The van der Waals surface area contributed by atoms with E-state index in [2.05, 4.69) is 207 Å². The molecule has 0 amide bonds. The first-order valence-electron chi connectivity index (χ1n) is 18.9. The molecule has 1 heterocycles. The van der Waals surface area contributed by atoms with E-state index in [0.29, 0.717) is 0 Å². The average molecular weight is 708 g/mol. The zero-order valence-electron chi connectivity index (χ0n) is 30.3. The minimum Gasteiger partial charge on any atom is -0.310 e. The summed E-state index contributed by atoms with van der Waals surface area (Å²) in [5, 5.41) is 2.63. The van der Waals surface area contributed by atoms with Crippen molar-refractivity contribution in [2.75, 3.05) is 4.90 Å². The van der Waals surface area contributed by atoms with Crippen LogP contribution in [-0.2, 0) is 10.8 Å². The van der Waals surface area contributed by atoms with Gasteiger partial charge in [-0.25, -0.2) is 0 Å². The monoisotopic (exact) mass is 707 g/mol. The van der Waals surface area contributed by atoms with Crippen molar-refractivity contribution in [1.82, 2.24) is 0 Å². The van der Waals surface area contributed by atoms with Crippen molar-refractivity contribution in [3.05, 3.63) is 221 Å². The largest absolute Gasteiger partial charge is 0.310 e. The van der Waals surface area contributed by atoms with Crippen LogP contribution in [0.1, 0.15) is 47.2 Å². The molecule has 9 aromatic rings. The third-order valence-corrected chi connectivity index (χ3v) is 13.3. The Hall–Kier alpha value is -6.22. The fourth-order valence-corrected chi connectivity index (χ4v) is 11.0. The number of hydrogen-bond acceptors (Lipinski definition) is 2. The van der Waals surface area contributed by atoms with Crippen LogP contribution in [0.15, 0.2) is 188 Å². The summed E-state index contributed by atoms with van der Waals surface area (Å²) in [5.41, 5.74) is 16.0. The van der Waals surface area contributed by atoms with Gasteiger partial charge in [-0.2, -0.15) is 0 Å². The molecule has 0 bridgehead atoms. The Morgan fingerprint density at radius 2 is 0.963 bits per heavy atom. The molecule has 1 aromatic heterocycles. The minimum atomic E-state index is -0.486. The molecule has 0 saturated carbocycles. The SMILES string of the molecule is CC1(C)c2ccccc2-c2cccc(N(c3ccc4c(c3)C(c3ccccc3)(c3ccccc3)c3ccccc3-4)c3ccc4c(c3)sc3ccccc34)c21. The van der Waals surface area contributed by atoms with Crippen LogP contribution in [0, 0.1) is 0 Å². The molecule has 256 valence electrons. The minimum absolute atomic E-state index is 0.187. The third kappa shape index (κ3) is 4.26. The molecule has 0 saturated heterocycles. The molecule has 0 atom stereocenters. The van der Waals surface area contributed by atoms with E-state index in [1.165, 1.54) is 81.5 Å². The van der Waals surface area contributed by atoms with Crippen molar-refractivity contribution in [3.8, 4) is 22.3 Å². The summed E-state index contributed by atoms with van der Waals surface area (Å²) in [4.78, 5) is 2.54. The summed E-state index contributed by atoms with van der Waals surface area (Å²) < 4.78 is 2.62. The molecule has 0 fully saturated rings. The maximum absolute atomic E-state index is 2.54. The average Bonchev–Trinajstić information content (AvgIpc) is 3.82. The lowest BCUT2D eigenvalue weighted by atomic mass is 9.67. The molecule has 0 unspecified atom stereocenters. The fourth-order valence-electron chi connectivity index (χ4n) is 9.86. The Morgan fingerprint density at radius 1 is 0.407 bits per heavy atom. The van der Waals surface area contributed by atoms with Gasteiger partial charge < -0.3 is 4.90 Å². The lowest BCUT2D eigenvalue weighted by Gasteiger charge is -2.35. The Kier molecular flexibility index (Phi) is 6.75. The highest BCUT2D eigenvalue weighted by Crippen LogP contribution is 2.59. The molecular weight excluding hydrogens is 671 g/mol. The molecule has 0 radical (unpaired) electrons. The fraction of sp³-hybridized carbons (Fsp3) is 0.0769. The highest BCUT2D eigenvalue weighted by molar-refractivity contribution is 7.25. The van der Waals surface area contributed by atoms with Gasteiger partial charge in [0.05, 0.1) is 11.1 Å². The second-order valence-electron chi connectivity index (χ2n) is 15.2. The van der Waals surface area contributed by atoms with Crippen molar-refractivity contribution < 1.29 is 0 Å². The maximum atomic E-state index is 2.54. The summed E-state index contributed by atoms with van der Waals surface area (Å²) >= 11 is 1.88. The Labute approximate surface area is 320 Å². The van der Waals surface area contributed by atoms with E-state index >= 15 is 0 Å². The van der Waals surface area contributed by atoms with Crippen LogP contribution in [0.4, 0.5) is 17.1 Å².